The Labute approximate surface area is 119 Å². The number of thiazole rings is 1. The summed E-state index contributed by atoms with van der Waals surface area (Å²) in [5.74, 6) is 0. The lowest BCUT2D eigenvalue weighted by atomic mass is 10.2. The highest BCUT2D eigenvalue weighted by Gasteiger charge is 2.07. The molecular weight excluding hydrogens is 296 g/mol. The number of aromatic nitrogens is 3. The van der Waals surface area contributed by atoms with Gasteiger partial charge in [-0.1, -0.05) is 23.5 Å². The molecule has 0 amide bonds. The van der Waals surface area contributed by atoms with Gasteiger partial charge in [-0.25, -0.2) is 0 Å². The van der Waals surface area contributed by atoms with Crippen molar-refractivity contribution in [3.05, 3.63) is 71.4 Å². The first kappa shape index (κ1) is 13.1. The molecule has 0 radical (unpaired) electrons. The number of non-ortho nitro benzene ring substituents is 1. The molecule has 0 fully saturated rings. The number of hydrogen-bond acceptors (Lipinski definition) is 7. The number of hydrogen-bond donors (Lipinski definition) is 0. The monoisotopic (exact) mass is 302 g/mol. The van der Waals surface area contributed by atoms with Crippen molar-refractivity contribution >= 4 is 28.1 Å². The van der Waals surface area contributed by atoms with Gasteiger partial charge in [0, 0.05) is 12.1 Å². The number of nitro groups is 1. The summed E-state index contributed by atoms with van der Waals surface area (Å²) >= 11 is 0.999. The number of nitrogens with zero attached hydrogens (tertiary/aromatic N) is 4. The van der Waals surface area contributed by atoms with Crippen LogP contribution in [0.25, 0.3) is 11.0 Å². The van der Waals surface area contributed by atoms with Gasteiger partial charge in [0.1, 0.15) is 6.20 Å². The van der Waals surface area contributed by atoms with E-state index in [0.717, 1.165) is 22.0 Å². The van der Waals surface area contributed by atoms with E-state index in [2.05, 4.69) is 10.1 Å². The molecule has 0 aliphatic carbocycles. The molecule has 0 aliphatic heterocycles. The largest absolute Gasteiger partial charge is 0.292 e. The van der Waals surface area contributed by atoms with Gasteiger partial charge in [-0.05, 0) is 11.6 Å². The molecule has 3 aromatic rings. The summed E-state index contributed by atoms with van der Waals surface area (Å²) in [4.78, 5) is 37.3. The molecule has 0 N–H and O–H groups in total. The van der Waals surface area contributed by atoms with Gasteiger partial charge in [0.05, 0.1) is 9.46 Å². The lowest BCUT2D eigenvalue weighted by molar-refractivity contribution is -0.384. The van der Waals surface area contributed by atoms with Crippen LogP contribution in [0.4, 0.5) is 5.69 Å². The summed E-state index contributed by atoms with van der Waals surface area (Å²) < 4.78 is 1.32. The maximum Gasteiger partial charge on any atom is 0.292 e. The first-order valence-electron chi connectivity index (χ1n) is 5.70. The summed E-state index contributed by atoms with van der Waals surface area (Å²) in [5.41, 5.74) is -0.508. The van der Waals surface area contributed by atoms with Crippen molar-refractivity contribution in [2.75, 3.05) is 0 Å². The third kappa shape index (κ3) is 2.41. The molecule has 0 atom stereocenters. The fraction of sp³-hybridized carbons (Fsp3) is 0. The van der Waals surface area contributed by atoms with Gasteiger partial charge in [-0.3, -0.25) is 19.7 Å². The molecule has 21 heavy (non-hydrogen) atoms. The van der Waals surface area contributed by atoms with E-state index in [0.29, 0.717) is 10.1 Å². The fourth-order valence-corrected chi connectivity index (χ4v) is 2.67. The molecule has 0 bridgehead atoms. The Hall–Kier alpha value is -2.94. The molecule has 2 aromatic heterocycles. The molecule has 0 spiro atoms. The topological polar surface area (TPSA) is 107 Å². The van der Waals surface area contributed by atoms with Crippen LogP contribution in [0, 0.1) is 10.1 Å². The van der Waals surface area contributed by atoms with E-state index in [4.69, 9.17) is 0 Å². The first-order chi connectivity index (χ1) is 10.0. The average molecular weight is 302 g/mol. The number of benzene rings is 1. The van der Waals surface area contributed by atoms with Crippen LogP contribution in [0.15, 0.2) is 40.1 Å². The van der Waals surface area contributed by atoms with E-state index in [-0.39, 0.29) is 10.6 Å². The molecule has 0 unspecified atom stereocenters. The van der Waals surface area contributed by atoms with Gasteiger partial charge >= 0.3 is 0 Å². The zero-order chi connectivity index (χ0) is 15.0. The SMILES string of the molecule is O=c1cnn2c(=O)/c(=C\c3cccc([N+](=O)[O-])c3)sc2n1. The molecule has 0 aliphatic rings. The molecule has 0 saturated carbocycles. The van der Waals surface area contributed by atoms with Crippen LogP contribution in [0.3, 0.4) is 0 Å². The maximum atomic E-state index is 12.1. The van der Waals surface area contributed by atoms with Crippen molar-refractivity contribution < 1.29 is 4.92 Å². The normalized spacial score (nSPS) is 11.9. The Morgan fingerprint density at radius 2 is 2.14 bits per heavy atom. The van der Waals surface area contributed by atoms with Gasteiger partial charge < -0.3 is 0 Å². The van der Waals surface area contributed by atoms with E-state index in [9.17, 15) is 19.7 Å². The molecule has 9 heteroatoms. The van der Waals surface area contributed by atoms with Gasteiger partial charge in [-0.2, -0.15) is 14.6 Å². The predicted octanol–water partition coefficient (Wildman–Crippen LogP) is -0.0329. The van der Waals surface area contributed by atoms with Gasteiger partial charge in [0.2, 0.25) is 4.96 Å². The van der Waals surface area contributed by atoms with Crippen LogP contribution in [0.5, 0.6) is 0 Å². The van der Waals surface area contributed by atoms with E-state index in [1.807, 2.05) is 0 Å². The summed E-state index contributed by atoms with van der Waals surface area (Å²) in [6.07, 6.45) is 2.46. The smallest absolute Gasteiger partial charge is 0.266 e. The minimum absolute atomic E-state index is 0.0666. The Morgan fingerprint density at radius 3 is 2.90 bits per heavy atom. The molecule has 3 rings (SSSR count). The third-order valence-corrected chi connectivity index (χ3v) is 3.61. The Morgan fingerprint density at radius 1 is 1.33 bits per heavy atom. The summed E-state index contributed by atoms with van der Waals surface area (Å²) in [6, 6.07) is 5.89. The van der Waals surface area contributed by atoms with Crippen molar-refractivity contribution in [2.45, 2.75) is 0 Å². The molecular formula is C12H6N4O4S. The van der Waals surface area contributed by atoms with E-state index in [1.54, 1.807) is 6.07 Å². The van der Waals surface area contributed by atoms with Gasteiger partial charge in [-0.15, -0.1) is 0 Å². The molecule has 1 aromatic carbocycles. The zero-order valence-corrected chi connectivity index (χ0v) is 11.1. The predicted molar refractivity (Wildman–Crippen MR) is 75.3 cm³/mol. The van der Waals surface area contributed by atoms with E-state index >= 15 is 0 Å². The van der Waals surface area contributed by atoms with Crippen LogP contribution in [-0.2, 0) is 0 Å². The second-order valence-corrected chi connectivity index (χ2v) is 5.07. The highest BCUT2D eigenvalue weighted by Crippen LogP contribution is 2.13. The zero-order valence-electron chi connectivity index (χ0n) is 10.3. The molecule has 104 valence electrons. The second-order valence-electron chi connectivity index (χ2n) is 4.06. The minimum Gasteiger partial charge on any atom is -0.266 e. The van der Waals surface area contributed by atoms with Crippen LogP contribution >= 0.6 is 11.3 Å². The third-order valence-electron chi connectivity index (χ3n) is 2.65. The first-order valence-corrected chi connectivity index (χ1v) is 6.51. The van der Waals surface area contributed by atoms with Crippen molar-refractivity contribution in [3.8, 4) is 0 Å². The van der Waals surface area contributed by atoms with Crippen molar-refractivity contribution in [1.82, 2.24) is 14.6 Å². The summed E-state index contributed by atoms with van der Waals surface area (Å²) in [7, 11) is 0. The second kappa shape index (κ2) is 4.87. The average Bonchev–Trinajstić information content (AvgIpc) is 2.75. The van der Waals surface area contributed by atoms with Crippen molar-refractivity contribution in [2.24, 2.45) is 0 Å². The standard InChI is InChI=1S/C12H6N4O4S/c17-10-6-13-15-11(18)9(21-12(15)14-10)5-7-2-1-3-8(4-7)16(19)20/h1-6H/b9-5+. The minimum atomic E-state index is -0.529. The lowest BCUT2D eigenvalue weighted by Crippen LogP contribution is -2.25. The quantitative estimate of drug-likeness (QED) is 0.486. The highest BCUT2D eigenvalue weighted by atomic mass is 32.1. The Bertz CT molecular complexity index is 1020. The van der Waals surface area contributed by atoms with Gasteiger partial charge in [0.25, 0.3) is 16.8 Å². The number of rotatable bonds is 2. The lowest BCUT2D eigenvalue weighted by Gasteiger charge is -1.92. The Balaban J connectivity index is 2.22. The maximum absolute atomic E-state index is 12.1. The summed E-state index contributed by atoms with van der Waals surface area (Å²) in [5, 5.41) is 14.4. The van der Waals surface area contributed by atoms with Crippen molar-refractivity contribution in [3.63, 3.8) is 0 Å². The van der Waals surface area contributed by atoms with Crippen LogP contribution in [0.1, 0.15) is 5.56 Å². The number of fused-ring (bicyclic) bond motifs is 1. The van der Waals surface area contributed by atoms with Crippen LogP contribution in [0.2, 0.25) is 0 Å². The molecule has 2 heterocycles. The fourth-order valence-electron chi connectivity index (χ4n) is 1.75. The molecule has 0 saturated heterocycles. The van der Waals surface area contributed by atoms with Crippen molar-refractivity contribution in [1.29, 1.82) is 0 Å². The molecule has 8 nitrogen and oxygen atoms in total. The summed E-state index contributed by atoms with van der Waals surface area (Å²) in [6.45, 7) is 0. The number of nitro benzene ring substituents is 1. The highest BCUT2D eigenvalue weighted by molar-refractivity contribution is 7.15. The van der Waals surface area contributed by atoms with Crippen LogP contribution < -0.4 is 15.7 Å². The van der Waals surface area contributed by atoms with E-state index in [1.165, 1.54) is 24.3 Å². The van der Waals surface area contributed by atoms with Crippen LogP contribution in [-0.4, -0.2) is 19.5 Å². The Kier molecular flexibility index (Phi) is 3.03. The van der Waals surface area contributed by atoms with Gasteiger partial charge in [0.15, 0.2) is 0 Å². The van der Waals surface area contributed by atoms with E-state index < -0.39 is 16.0 Å².